The van der Waals surface area contributed by atoms with Crippen molar-refractivity contribution >= 4 is 21.6 Å². The second kappa shape index (κ2) is 4.87. The molecule has 0 radical (unpaired) electrons. The minimum absolute atomic E-state index is 0.566. The Balaban J connectivity index is 2.61. The van der Waals surface area contributed by atoms with E-state index >= 15 is 0 Å². The maximum absolute atomic E-state index is 5.52. The van der Waals surface area contributed by atoms with Crippen LogP contribution in [0.15, 0.2) is 29.4 Å². The van der Waals surface area contributed by atoms with Crippen LogP contribution in [0.3, 0.4) is 0 Å². The summed E-state index contributed by atoms with van der Waals surface area (Å²) in [5.41, 5.74) is 6.13. The van der Waals surface area contributed by atoms with E-state index in [2.05, 4.69) is 27.5 Å². The number of halogens is 1. The number of ether oxygens (including phenoxy) is 1. The molecule has 0 saturated carbocycles. The zero-order valence-electron chi connectivity index (χ0n) is 7.16. The van der Waals surface area contributed by atoms with Gasteiger partial charge in [-0.15, -0.1) is 6.58 Å². The summed E-state index contributed by atoms with van der Waals surface area (Å²) in [6.07, 6.45) is 4.16. The first-order valence-corrected chi connectivity index (χ1v) is 4.68. The van der Waals surface area contributed by atoms with Gasteiger partial charge >= 0.3 is 0 Å². The number of hydrogen-bond acceptors (Lipinski definition) is 3. The number of anilines is 1. The Morgan fingerprint density at radius 3 is 3.08 bits per heavy atom. The predicted molar refractivity (Wildman–Crippen MR) is 56.7 cm³/mol. The quantitative estimate of drug-likeness (QED) is 0.652. The van der Waals surface area contributed by atoms with Gasteiger partial charge in [-0.25, -0.2) is 4.98 Å². The second-order valence-electron chi connectivity index (χ2n) is 2.48. The van der Waals surface area contributed by atoms with Crippen LogP contribution >= 0.6 is 15.9 Å². The van der Waals surface area contributed by atoms with Gasteiger partial charge < -0.3 is 10.5 Å². The first-order valence-electron chi connectivity index (χ1n) is 3.88. The van der Waals surface area contributed by atoms with Gasteiger partial charge in [0, 0.05) is 0 Å². The van der Waals surface area contributed by atoms with Gasteiger partial charge in [0.15, 0.2) is 0 Å². The van der Waals surface area contributed by atoms with Crippen molar-refractivity contribution in [2.45, 2.75) is 6.42 Å². The van der Waals surface area contributed by atoms with Crippen LogP contribution in [-0.2, 0) is 0 Å². The molecule has 0 amide bonds. The third-order valence-corrected chi connectivity index (χ3v) is 1.96. The molecule has 3 nitrogen and oxygen atoms in total. The highest BCUT2D eigenvalue weighted by molar-refractivity contribution is 9.10. The molecule has 0 unspecified atom stereocenters. The number of rotatable bonds is 4. The number of hydrogen-bond donors (Lipinski definition) is 1. The predicted octanol–water partition coefficient (Wildman–Crippen LogP) is 2.38. The third kappa shape index (κ3) is 3.06. The van der Waals surface area contributed by atoms with Crippen molar-refractivity contribution < 1.29 is 4.74 Å². The maximum atomic E-state index is 5.52. The molecular weight excluding hydrogens is 232 g/mol. The van der Waals surface area contributed by atoms with E-state index in [0.717, 1.165) is 10.9 Å². The van der Waals surface area contributed by atoms with Crippen LogP contribution in [0.2, 0.25) is 0 Å². The first kappa shape index (κ1) is 10.1. The molecule has 0 atom stereocenters. The van der Waals surface area contributed by atoms with E-state index in [1.165, 1.54) is 0 Å². The van der Waals surface area contributed by atoms with Crippen molar-refractivity contribution in [3.8, 4) is 5.88 Å². The van der Waals surface area contributed by atoms with Crippen molar-refractivity contribution in [1.82, 2.24) is 4.98 Å². The Labute approximate surface area is 85.7 Å². The number of nitrogen functional groups attached to an aromatic ring is 1. The lowest BCUT2D eigenvalue weighted by Gasteiger charge is -2.05. The standard InChI is InChI=1S/C9H11BrN2O/c1-2-3-4-13-9-8(10)5-7(11)6-12-9/h2,5-6H,1,3-4,11H2. The molecule has 1 aromatic heterocycles. The van der Waals surface area contributed by atoms with E-state index in [9.17, 15) is 0 Å². The Morgan fingerprint density at radius 1 is 1.69 bits per heavy atom. The Hall–Kier alpha value is -1.03. The van der Waals surface area contributed by atoms with Crippen LogP contribution < -0.4 is 10.5 Å². The van der Waals surface area contributed by atoms with E-state index in [-0.39, 0.29) is 0 Å². The van der Waals surface area contributed by atoms with Gasteiger partial charge in [0.05, 0.1) is 23.0 Å². The largest absolute Gasteiger partial charge is 0.477 e. The summed E-state index contributed by atoms with van der Waals surface area (Å²) in [4.78, 5) is 4.02. The summed E-state index contributed by atoms with van der Waals surface area (Å²) < 4.78 is 6.12. The molecule has 4 heteroatoms. The average molecular weight is 243 g/mol. The number of nitrogens with zero attached hydrogens (tertiary/aromatic N) is 1. The molecule has 0 saturated heterocycles. The Bertz CT molecular complexity index is 302. The molecule has 0 aliphatic rings. The van der Waals surface area contributed by atoms with Gasteiger partial charge in [-0.1, -0.05) is 6.08 Å². The molecule has 0 aliphatic carbocycles. The number of nitrogens with two attached hydrogens (primary N) is 1. The highest BCUT2D eigenvalue weighted by atomic mass is 79.9. The molecule has 13 heavy (non-hydrogen) atoms. The van der Waals surface area contributed by atoms with E-state index < -0.39 is 0 Å². The molecule has 0 aliphatic heterocycles. The van der Waals surface area contributed by atoms with E-state index in [1.54, 1.807) is 18.3 Å². The summed E-state index contributed by atoms with van der Waals surface area (Å²) in [5.74, 6) is 0.566. The van der Waals surface area contributed by atoms with Gasteiger partial charge in [-0.2, -0.15) is 0 Å². The maximum Gasteiger partial charge on any atom is 0.228 e. The Morgan fingerprint density at radius 2 is 2.46 bits per heavy atom. The van der Waals surface area contributed by atoms with E-state index in [4.69, 9.17) is 10.5 Å². The van der Waals surface area contributed by atoms with Crippen LogP contribution in [0.25, 0.3) is 0 Å². The van der Waals surface area contributed by atoms with Crippen molar-refractivity contribution in [2.75, 3.05) is 12.3 Å². The third-order valence-electron chi connectivity index (χ3n) is 1.39. The van der Waals surface area contributed by atoms with Crippen LogP contribution in [0.1, 0.15) is 6.42 Å². The van der Waals surface area contributed by atoms with Crippen molar-refractivity contribution in [1.29, 1.82) is 0 Å². The lowest BCUT2D eigenvalue weighted by Crippen LogP contribution is -1.99. The molecule has 1 aromatic rings. The van der Waals surface area contributed by atoms with Crippen LogP contribution in [0.5, 0.6) is 5.88 Å². The molecular formula is C9H11BrN2O. The second-order valence-corrected chi connectivity index (χ2v) is 3.34. The van der Waals surface area contributed by atoms with Crippen LogP contribution in [0.4, 0.5) is 5.69 Å². The minimum Gasteiger partial charge on any atom is -0.477 e. The summed E-state index contributed by atoms with van der Waals surface area (Å²) in [6, 6.07) is 1.76. The monoisotopic (exact) mass is 242 g/mol. The minimum atomic E-state index is 0.566. The molecule has 1 heterocycles. The van der Waals surface area contributed by atoms with Gasteiger partial charge in [0.25, 0.3) is 0 Å². The molecule has 0 bridgehead atoms. The molecule has 0 fully saturated rings. The average Bonchev–Trinajstić information content (AvgIpc) is 2.09. The smallest absolute Gasteiger partial charge is 0.228 e. The number of aromatic nitrogens is 1. The van der Waals surface area contributed by atoms with Crippen LogP contribution in [0, 0.1) is 0 Å². The van der Waals surface area contributed by atoms with Crippen molar-refractivity contribution in [2.24, 2.45) is 0 Å². The van der Waals surface area contributed by atoms with Crippen LogP contribution in [-0.4, -0.2) is 11.6 Å². The fourth-order valence-corrected chi connectivity index (χ4v) is 1.27. The highest BCUT2D eigenvalue weighted by Gasteiger charge is 2.01. The van der Waals surface area contributed by atoms with Gasteiger partial charge in [0.1, 0.15) is 0 Å². The van der Waals surface area contributed by atoms with Gasteiger partial charge in [0.2, 0.25) is 5.88 Å². The summed E-state index contributed by atoms with van der Waals surface area (Å²) in [7, 11) is 0. The lowest BCUT2D eigenvalue weighted by molar-refractivity contribution is 0.310. The Kier molecular flexibility index (Phi) is 3.76. The fourth-order valence-electron chi connectivity index (χ4n) is 0.785. The molecule has 1 rings (SSSR count). The normalized spacial score (nSPS) is 9.62. The number of pyridine rings is 1. The molecule has 2 N–H and O–H groups in total. The SMILES string of the molecule is C=CCCOc1ncc(N)cc1Br. The topological polar surface area (TPSA) is 48.1 Å². The van der Waals surface area contributed by atoms with Gasteiger partial charge in [-0.3, -0.25) is 0 Å². The zero-order valence-corrected chi connectivity index (χ0v) is 8.75. The van der Waals surface area contributed by atoms with Crippen molar-refractivity contribution in [3.05, 3.63) is 29.4 Å². The van der Waals surface area contributed by atoms with Gasteiger partial charge in [-0.05, 0) is 28.4 Å². The summed E-state index contributed by atoms with van der Waals surface area (Å²) in [5, 5.41) is 0. The zero-order chi connectivity index (χ0) is 9.68. The first-order chi connectivity index (χ1) is 6.24. The molecule has 0 spiro atoms. The summed E-state index contributed by atoms with van der Waals surface area (Å²) >= 11 is 3.31. The van der Waals surface area contributed by atoms with E-state index in [1.807, 2.05) is 0 Å². The summed E-state index contributed by atoms with van der Waals surface area (Å²) in [6.45, 7) is 4.18. The fraction of sp³-hybridized carbons (Fsp3) is 0.222. The van der Waals surface area contributed by atoms with E-state index in [0.29, 0.717) is 18.2 Å². The highest BCUT2D eigenvalue weighted by Crippen LogP contribution is 2.23. The lowest BCUT2D eigenvalue weighted by atomic mass is 10.4. The van der Waals surface area contributed by atoms with Crippen molar-refractivity contribution in [3.63, 3.8) is 0 Å². The molecule has 0 aromatic carbocycles. The molecule has 70 valence electrons.